The van der Waals surface area contributed by atoms with E-state index in [9.17, 15) is 24.0 Å². The van der Waals surface area contributed by atoms with Gasteiger partial charge in [0.25, 0.3) is 5.91 Å². The predicted molar refractivity (Wildman–Crippen MR) is 171 cm³/mol. The van der Waals surface area contributed by atoms with Gasteiger partial charge < -0.3 is 26.6 Å². The van der Waals surface area contributed by atoms with E-state index >= 15 is 0 Å². The summed E-state index contributed by atoms with van der Waals surface area (Å²) in [5.41, 5.74) is 4.11. The van der Waals surface area contributed by atoms with Gasteiger partial charge in [0.05, 0.1) is 11.0 Å². The average Bonchev–Trinajstić information content (AvgIpc) is 3.36. The minimum absolute atomic E-state index is 0.0901. The summed E-state index contributed by atoms with van der Waals surface area (Å²) < 4.78 is 0. The van der Waals surface area contributed by atoms with E-state index in [0.29, 0.717) is 19.4 Å². The summed E-state index contributed by atoms with van der Waals surface area (Å²) in [5.74, 6) is -2.37. The number of carbonyl (C=O) groups is 5. The van der Waals surface area contributed by atoms with Crippen molar-refractivity contribution in [2.75, 3.05) is 6.54 Å². The number of rotatable bonds is 11. The summed E-state index contributed by atoms with van der Waals surface area (Å²) in [6.07, 6.45) is 10.5. The first-order valence-electron chi connectivity index (χ1n) is 16.5. The molecule has 5 atom stereocenters. The number of urea groups is 1. The second-order valence-corrected chi connectivity index (χ2v) is 16.5. The number of nitrogens with one attached hydrogen (secondary N) is 3. The van der Waals surface area contributed by atoms with Gasteiger partial charge in [-0.15, -0.1) is 11.3 Å². The third-order valence-electron chi connectivity index (χ3n) is 11.0. The Morgan fingerprint density at radius 1 is 1.07 bits per heavy atom. The van der Waals surface area contributed by atoms with E-state index in [1.165, 1.54) is 0 Å². The van der Waals surface area contributed by atoms with Gasteiger partial charge in [0, 0.05) is 30.1 Å². The Hall–Kier alpha value is -3.02. The lowest BCUT2D eigenvalue weighted by Gasteiger charge is -2.40. The Balaban J connectivity index is 1.33. The van der Waals surface area contributed by atoms with Crippen molar-refractivity contribution in [1.29, 1.82) is 0 Å². The van der Waals surface area contributed by atoms with E-state index in [4.69, 9.17) is 5.73 Å². The minimum Gasteiger partial charge on any atom is -0.363 e. The van der Waals surface area contributed by atoms with Gasteiger partial charge >= 0.3 is 6.03 Å². The van der Waals surface area contributed by atoms with E-state index in [2.05, 4.69) is 34.8 Å². The molecule has 1 aliphatic heterocycles. The molecule has 1 unspecified atom stereocenters. The Kier molecular flexibility index (Phi) is 9.37. The average molecular weight is 643 g/mol. The maximum atomic E-state index is 14.4. The second kappa shape index (κ2) is 12.6. The Labute approximate surface area is 270 Å². The van der Waals surface area contributed by atoms with Gasteiger partial charge in [0.15, 0.2) is 0 Å². The number of amides is 5. The molecule has 0 spiro atoms. The lowest BCUT2D eigenvalue weighted by atomic mass is 9.79. The van der Waals surface area contributed by atoms with Crippen LogP contribution in [0, 0.1) is 28.6 Å². The monoisotopic (exact) mass is 642 g/mol. The van der Waals surface area contributed by atoms with Crippen molar-refractivity contribution in [3.63, 3.8) is 0 Å². The molecule has 0 bridgehead atoms. The smallest absolute Gasteiger partial charge is 0.315 e. The molecule has 3 aliphatic carbocycles. The number of ketones is 1. The fourth-order valence-electron chi connectivity index (χ4n) is 7.96. The lowest BCUT2D eigenvalue weighted by molar-refractivity contribution is -0.145. The van der Waals surface area contributed by atoms with E-state index in [1.807, 2.05) is 26.2 Å². The molecule has 4 aliphatic rings. The Morgan fingerprint density at radius 2 is 1.76 bits per heavy atom. The number of thiazole rings is 1. The first-order valence-corrected chi connectivity index (χ1v) is 17.4. The molecule has 248 valence electrons. The van der Waals surface area contributed by atoms with Crippen molar-refractivity contribution in [3.8, 4) is 0 Å². The normalized spacial score (nSPS) is 26.5. The number of nitrogens with two attached hydrogens (primary N) is 1. The summed E-state index contributed by atoms with van der Waals surface area (Å²) in [6.45, 7) is 10.3. The zero-order valence-electron chi connectivity index (χ0n) is 27.3. The van der Waals surface area contributed by atoms with Crippen LogP contribution >= 0.6 is 11.3 Å². The van der Waals surface area contributed by atoms with Gasteiger partial charge in [-0.2, -0.15) is 0 Å². The summed E-state index contributed by atoms with van der Waals surface area (Å²) in [6, 6.07) is -3.12. The van der Waals surface area contributed by atoms with Crippen LogP contribution in [0.3, 0.4) is 0 Å². The highest BCUT2D eigenvalue weighted by atomic mass is 32.1. The number of Topliss-reactive ketones (excluding diaryl/α,β-unsaturated/α-hetero) is 1. The zero-order valence-corrected chi connectivity index (χ0v) is 28.1. The molecule has 12 heteroatoms. The van der Waals surface area contributed by atoms with Gasteiger partial charge in [-0.25, -0.2) is 9.78 Å². The SMILES string of the molecule is CC(C)(C)[C@H](NC(=O)NC1(Cc2nccs2)CCCCC1)C(=O)N1C[C@H]2[C@@H]([C@H]1C(=O)NC(CC1CCC1)C(=O)C(N)=O)C2(C)C. The molecule has 0 radical (unpaired) electrons. The van der Waals surface area contributed by atoms with Gasteiger partial charge in [-0.05, 0) is 47.8 Å². The zero-order chi connectivity index (χ0) is 32.7. The number of carbonyl (C=O) groups excluding carboxylic acids is 5. The van der Waals surface area contributed by atoms with Crippen LogP contribution in [0.5, 0.6) is 0 Å². The molecule has 5 amide bonds. The van der Waals surface area contributed by atoms with Crippen molar-refractivity contribution in [2.24, 2.45) is 34.3 Å². The van der Waals surface area contributed by atoms with E-state index in [-0.39, 0.29) is 29.1 Å². The van der Waals surface area contributed by atoms with E-state index < -0.39 is 52.7 Å². The second-order valence-electron chi connectivity index (χ2n) is 15.6. The molecule has 1 aromatic heterocycles. The van der Waals surface area contributed by atoms with Crippen molar-refractivity contribution in [1.82, 2.24) is 25.8 Å². The van der Waals surface area contributed by atoms with Crippen LogP contribution in [0.15, 0.2) is 11.6 Å². The van der Waals surface area contributed by atoms with Crippen LogP contribution in [0.2, 0.25) is 0 Å². The standard InChI is InChI=1S/C33H50N6O5S/c1-31(2,3)26(37-30(44)38-33(12-7-6-8-13-33)17-22-35-14-15-45-22)29(43)39-18-20-23(32(20,4)5)24(39)28(42)36-21(25(40)27(34)41)16-19-10-9-11-19/h14-15,19-21,23-24,26H,6-13,16-18H2,1-5H3,(H2,34,41)(H,36,42)(H2,37,38,44)/t20-,21?,23-,24-,26+/m0/s1. The van der Waals surface area contributed by atoms with Gasteiger partial charge in [-0.3, -0.25) is 19.2 Å². The number of hydrogen-bond donors (Lipinski definition) is 4. The molecule has 4 fully saturated rings. The molecule has 5 rings (SSSR count). The van der Waals surface area contributed by atoms with Crippen LogP contribution in [0.25, 0.3) is 0 Å². The molecule has 11 nitrogen and oxygen atoms in total. The largest absolute Gasteiger partial charge is 0.363 e. The summed E-state index contributed by atoms with van der Waals surface area (Å²) in [7, 11) is 0. The molecular formula is C33H50N6O5S. The molecule has 45 heavy (non-hydrogen) atoms. The van der Waals surface area contributed by atoms with E-state index in [1.54, 1.807) is 22.4 Å². The predicted octanol–water partition coefficient (Wildman–Crippen LogP) is 3.31. The van der Waals surface area contributed by atoms with Gasteiger partial charge in [0.1, 0.15) is 12.1 Å². The van der Waals surface area contributed by atoms with Crippen molar-refractivity contribution < 1.29 is 24.0 Å². The highest BCUT2D eigenvalue weighted by Gasteiger charge is 2.70. The third-order valence-corrected chi connectivity index (χ3v) is 11.8. The third kappa shape index (κ3) is 7.05. The number of likely N-dealkylation sites (tertiary alicyclic amines) is 1. The summed E-state index contributed by atoms with van der Waals surface area (Å²) >= 11 is 1.58. The molecular weight excluding hydrogens is 592 g/mol. The van der Waals surface area contributed by atoms with Crippen LogP contribution in [0.4, 0.5) is 4.79 Å². The van der Waals surface area contributed by atoms with Gasteiger partial charge in [-0.1, -0.05) is 73.1 Å². The van der Waals surface area contributed by atoms with Crippen molar-refractivity contribution >= 4 is 40.9 Å². The summed E-state index contributed by atoms with van der Waals surface area (Å²) in [5, 5.41) is 12.0. The lowest BCUT2D eigenvalue weighted by Crippen LogP contribution is -2.63. The van der Waals surface area contributed by atoms with Crippen LogP contribution < -0.4 is 21.7 Å². The number of fused-ring (bicyclic) bond motifs is 1. The number of nitrogens with zero attached hydrogens (tertiary/aromatic N) is 2. The maximum absolute atomic E-state index is 14.4. The maximum Gasteiger partial charge on any atom is 0.315 e. The Morgan fingerprint density at radius 3 is 2.31 bits per heavy atom. The fourth-order valence-corrected chi connectivity index (χ4v) is 8.72. The topological polar surface area (TPSA) is 164 Å². The number of aromatic nitrogens is 1. The summed E-state index contributed by atoms with van der Waals surface area (Å²) in [4.78, 5) is 72.6. The number of primary amides is 1. The minimum atomic E-state index is -1.07. The highest BCUT2D eigenvalue weighted by molar-refractivity contribution is 7.09. The molecule has 1 aromatic rings. The molecule has 0 aromatic carbocycles. The molecule has 1 saturated heterocycles. The highest BCUT2D eigenvalue weighted by Crippen LogP contribution is 2.65. The molecule has 3 saturated carbocycles. The van der Waals surface area contributed by atoms with Crippen molar-refractivity contribution in [3.05, 3.63) is 16.6 Å². The quantitative estimate of drug-likeness (QED) is 0.271. The number of piperidine rings is 1. The first-order chi connectivity index (χ1) is 21.1. The van der Waals surface area contributed by atoms with Gasteiger partial charge in [0.2, 0.25) is 17.6 Å². The molecule has 2 heterocycles. The number of hydrogen-bond acceptors (Lipinski definition) is 7. The Bertz CT molecular complexity index is 1300. The van der Waals surface area contributed by atoms with Crippen LogP contribution in [0.1, 0.15) is 97.4 Å². The molecule has 5 N–H and O–H groups in total. The van der Waals surface area contributed by atoms with E-state index in [0.717, 1.165) is 56.4 Å². The van der Waals surface area contributed by atoms with Crippen molar-refractivity contribution in [2.45, 2.75) is 122 Å². The fraction of sp³-hybridized carbons (Fsp3) is 0.758. The first kappa shape index (κ1) is 33.3. The van der Waals surface area contributed by atoms with Crippen LogP contribution in [-0.2, 0) is 25.6 Å². The van der Waals surface area contributed by atoms with Crippen LogP contribution in [-0.4, -0.2) is 69.6 Å².